The molecule has 1 unspecified atom stereocenters. The summed E-state index contributed by atoms with van der Waals surface area (Å²) in [6.07, 6.45) is 1.78. The number of aryl methyl sites for hydroxylation is 1. The molecule has 4 rings (SSSR count). The Kier molecular flexibility index (Phi) is 4.27. The lowest BCUT2D eigenvalue weighted by Gasteiger charge is -2.22. The van der Waals surface area contributed by atoms with Gasteiger partial charge in [0.2, 0.25) is 0 Å². The molecule has 0 aliphatic carbocycles. The van der Waals surface area contributed by atoms with E-state index in [1.54, 1.807) is 6.20 Å². The summed E-state index contributed by atoms with van der Waals surface area (Å²) in [6.45, 7) is 3.99. The van der Waals surface area contributed by atoms with Crippen molar-refractivity contribution in [2.45, 2.75) is 12.2 Å². The molecule has 9 heteroatoms. The summed E-state index contributed by atoms with van der Waals surface area (Å²) in [5.74, 6) is 2.01. The smallest absolute Gasteiger partial charge is 0.171 e. The molecular weight excluding hydrogens is 396 g/mol. The zero-order chi connectivity index (χ0) is 15.8. The van der Waals surface area contributed by atoms with Crippen molar-refractivity contribution in [3.8, 4) is 0 Å². The monoisotopic (exact) mass is 410 g/mol. The molecule has 23 heavy (non-hydrogen) atoms. The fourth-order valence-electron chi connectivity index (χ4n) is 2.51. The van der Waals surface area contributed by atoms with Crippen molar-refractivity contribution in [1.29, 1.82) is 0 Å². The second-order valence-electron chi connectivity index (χ2n) is 5.32. The molecule has 2 N–H and O–H groups in total. The lowest BCUT2D eigenvalue weighted by Crippen LogP contribution is -2.28. The highest BCUT2D eigenvalue weighted by Gasteiger charge is 2.20. The number of thioether (sulfide) groups is 1. The van der Waals surface area contributed by atoms with Gasteiger partial charge in [0.25, 0.3) is 0 Å². The highest BCUT2D eigenvalue weighted by Crippen LogP contribution is 2.33. The lowest BCUT2D eigenvalue weighted by atomic mass is 10.2. The van der Waals surface area contributed by atoms with Crippen LogP contribution >= 0.6 is 39.2 Å². The zero-order valence-corrected chi connectivity index (χ0v) is 15.6. The van der Waals surface area contributed by atoms with Gasteiger partial charge in [-0.2, -0.15) is 14.0 Å². The maximum absolute atomic E-state index is 4.81. The molecule has 120 valence electrons. The molecule has 0 amide bonds. The van der Waals surface area contributed by atoms with E-state index in [4.69, 9.17) is 4.98 Å². The first-order chi connectivity index (χ1) is 11.2. The molecule has 4 heterocycles. The van der Waals surface area contributed by atoms with Crippen LogP contribution in [0.1, 0.15) is 16.6 Å². The maximum Gasteiger partial charge on any atom is 0.171 e. The standard InChI is InChI=1S/C14H15BrN6S2/c1-8-4-13(23-20-8)19-12-5-10(11-7-16-2-3-22-11)18-14-9(15)6-17-21(12)14/h4-6,11,16,19H,2-3,7H2,1H3. The van der Waals surface area contributed by atoms with E-state index in [9.17, 15) is 0 Å². The second kappa shape index (κ2) is 6.39. The Labute approximate surface area is 150 Å². The van der Waals surface area contributed by atoms with Gasteiger partial charge in [0.15, 0.2) is 5.65 Å². The van der Waals surface area contributed by atoms with Crippen molar-refractivity contribution in [3.05, 3.63) is 34.2 Å². The SMILES string of the molecule is Cc1cc(Nc2cc(C3CNCCS3)nc3c(Br)cnn23)sn1. The fourth-order valence-corrected chi connectivity index (χ4v) is 4.60. The van der Waals surface area contributed by atoms with Crippen LogP contribution in [0.25, 0.3) is 5.65 Å². The van der Waals surface area contributed by atoms with E-state index in [1.807, 2.05) is 29.3 Å². The molecule has 6 nitrogen and oxygen atoms in total. The summed E-state index contributed by atoms with van der Waals surface area (Å²) < 4.78 is 7.04. The third kappa shape index (κ3) is 3.10. The van der Waals surface area contributed by atoms with Crippen LogP contribution in [0.2, 0.25) is 0 Å². The minimum Gasteiger partial charge on any atom is -0.331 e. The van der Waals surface area contributed by atoms with Gasteiger partial charge >= 0.3 is 0 Å². The quantitative estimate of drug-likeness (QED) is 0.689. The van der Waals surface area contributed by atoms with E-state index in [0.29, 0.717) is 5.25 Å². The number of nitrogens with one attached hydrogen (secondary N) is 2. The molecule has 0 saturated carbocycles. The number of hydrogen-bond acceptors (Lipinski definition) is 7. The molecule has 1 atom stereocenters. The maximum atomic E-state index is 4.81. The fraction of sp³-hybridized carbons (Fsp3) is 0.357. The molecule has 3 aromatic heterocycles. The number of anilines is 2. The van der Waals surface area contributed by atoms with Crippen LogP contribution in [-0.2, 0) is 0 Å². The highest BCUT2D eigenvalue weighted by atomic mass is 79.9. The van der Waals surface area contributed by atoms with E-state index in [-0.39, 0.29) is 0 Å². The van der Waals surface area contributed by atoms with Gasteiger partial charge < -0.3 is 10.6 Å². The van der Waals surface area contributed by atoms with Crippen LogP contribution in [0.15, 0.2) is 22.8 Å². The van der Waals surface area contributed by atoms with Crippen LogP contribution in [0.3, 0.4) is 0 Å². The first-order valence-electron chi connectivity index (χ1n) is 7.27. The summed E-state index contributed by atoms with van der Waals surface area (Å²) >= 11 is 6.94. The molecule has 1 fully saturated rings. The van der Waals surface area contributed by atoms with Crippen molar-refractivity contribution in [2.75, 3.05) is 24.2 Å². The van der Waals surface area contributed by atoms with Crippen molar-refractivity contribution in [3.63, 3.8) is 0 Å². The van der Waals surface area contributed by atoms with Crippen LogP contribution in [0.4, 0.5) is 10.8 Å². The van der Waals surface area contributed by atoms with Gasteiger partial charge in [0.1, 0.15) is 10.8 Å². The molecule has 3 aromatic rings. The minimum atomic E-state index is 0.360. The average molecular weight is 411 g/mol. The molecule has 0 bridgehead atoms. The van der Waals surface area contributed by atoms with Crippen LogP contribution in [0.5, 0.6) is 0 Å². The summed E-state index contributed by atoms with van der Waals surface area (Å²) in [4.78, 5) is 4.81. The summed E-state index contributed by atoms with van der Waals surface area (Å²) in [5.41, 5.74) is 2.91. The first-order valence-corrected chi connectivity index (χ1v) is 9.89. The second-order valence-corrected chi connectivity index (χ2v) is 8.29. The van der Waals surface area contributed by atoms with Crippen molar-refractivity contribution < 1.29 is 0 Å². The predicted octanol–water partition coefficient (Wildman–Crippen LogP) is 3.38. The van der Waals surface area contributed by atoms with Crippen LogP contribution in [0, 0.1) is 6.92 Å². The number of rotatable bonds is 3. The van der Waals surface area contributed by atoms with Crippen molar-refractivity contribution in [1.82, 2.24) is 24.3 Å². The third-order valence-electron chi connectivity index (χ3n) is 3.59. The van der Waals surface area contributed by atoms with Gasteiger partial charge in [-0.25, -0.2) is 4.98 Å². The van der Waals surface area contributed by atoms with E-state index >= 15 is 0 Å². The Bertz CT molecular complexity index is 839. The van der Waals surface area contributed by atoms with Gasteiger partial charge in [-0.1, -0.05) is 0 Å². The lowest BCUT2D eigenvalue weighted by molar-refractivity contribution is 0.679. The highest BCUT2D eigenvalue weighted by molar-refractivity contribution is 9.10. The van der Waals surface area contributed by atoms with Crippen LogP contribution < -0.4 is 10.6 Å². The Hall–Kier alpha value is -1.16. The summed E-state index contributed by atoms with van der Waals surface area (Å²) in [5, 5.41) is 12.6. The van der Waals surface area contributed by atoms with E-state index < -0.39 is 0 Å². The van der Waals surface area contributed by atoms with E-state index in [2.05, 4.69) is 42.1 Å². The van der Waals surface area contributed by atoms with Crippen LogP contribution in [-0.4, -0.2) is 37.8 Å². The number of fused-ring (bicyclic) bond motifs is 1. The average Bonchev–Trinajstić information content (AvgIpc) is 3.15. The summed E-state index contributed by atoms with van der Waals surface area (Å²) in [7, 11) is 0. The molecule has 0 spiro atoms. The molecular formula is C14H15BrN6S2. The largest absolute Gasteiger partial charge is 0.331 e. The third-order valence-corrected chi connectivity index (χ3v) is 6.19. The van der Waals surface area contributed by atoms with E-state index in [1.165, 1.54) is 11.5 Å². The molecule has 0 radical (unpaired) electrons. The Morgan fingerprint density at radius 3 is 3.09 bits per heavy atom. The molecule has 1 aliphatic rings. The number of halogens is 1. The molecule has 0 aromatic carbocycles. The zero-order valence-electron chi connectivity index (χ0n) is 12.4. The van der Waals surface area contributed by atoms with Gasteiger partial charge in [0, 0.05) is 24.9 Å². The molecule has 1 saturated heterocycles. The van der Waals surface area contributed by atoms with Gasteiger partial charge in [0.05, 0.1) is 27.3 Å². The van der Waals surface area contributed by atoms with Gasteiger partial charge in [-0.15, -0.1) is 11.8 Å². The molecule has 1 aliphatic heterocycles. The normalized spacial score (nSPS) is 18.4. The Balaban J connectivity index is 1.77. The van der Waals surface area contributed by atoms with Gasteiger partial charge in [-0.3, -0.25) is 0 Å². The first kappa shape index (κ1) is 15.4. The van der Waals surface area contributed by atoms with Crippen molar-refractivity contribution in [2.24, 2.45) is 0 Å². The Morgan fingerprint density at radius 2 is 2.35 bits per heavy atom. The van der Waals surface area contributed by atoms with Crippen molar-refractivity contribution >= 4 is 55.7 Å². The summed E-state index contributed by atoms with van der Waals surface area (Å²) in [6, 6.07) is 4.12. The van der Waals surface area contributed by atoms with Gasteiger partial charge in [-0.05, 0) is 40.5 Å². The number of nitrogens with zero attached hydrogens (tertiary/aromatic N) is 4. The number of aromatic nitrogens is 4. The topological polar surface area (TPSA) is 67.1 Å². The predicted molar refractivity (Wildman–Crippen MR) is 98.9 cm³/mol. The van der Waals surface area contributed by atoms with E-state index in [0.717, 1.165) is 51.2 Å². The Morgan fingerprint density at radius 1 is 1.43 bits per heavy atom. The minimum absolute atomic E-state index is 0.360. The number of hydrogen-bond donors (Lipinski definition) is 2.